The molecule has 0 bridgehead atoms. The summed E-state index contributed by atoms with van der Waals surface area (Å²) in [6.45, 7) is 4.26. The highest BCUT2D eigenvalue weighted by Gasteiger charge is 2.22. The van der Waals surface area contributed by atoms with Crippen molar-refractivity contribution in [2.24, 2.45) is 11.8 Å². The van der Waals surface area contributed by atoms with Crippen LogP contribution in [-0.4, -0.2) is 29.0 Å². The van der Waals surface area contributed by atoms with E-state index in [1.54, 1.807) is 24.7 Å². The number of rotatable bonds is 6. The first-order valence-corrected chi connectivity index (χ1v) is 8.75. The molecule has 2 aromatic rings. The van der Waals surface area contributed by atoms with Gasteiger partial charge in [0.1, 0.15) is 5.75 Å². The van der Waals surface area contributed by atoms with E-state index >= 15 is 0 Å². The molecule has 2 unspecified atom stereocenters. The molecule has 1 aromatic heterocycles. The topological polar surface area (TPSA) is 76.1 Å². The van der Waals surface area contributed by atoms with Gasteiger partial charge in [0.15, 0.2) is 0 Å². The number of piperidine rings is 1. The summed E-state index contributed by atoms with van der Waals surface area (Å²) < 4.78 is 5.64. The fourth-order valence-electron chi connectivity index (χ4n) is 3.13. The minimum Gasteiger partial charge on any atom is -0.437 e. The maximum absolute atomic E-state index is 12.3. The van der Waals surface area contributed by atoms with E-state index in [1.165, 1.54) is 12.8 Å². The molecular formula is C19H25ClN4O2. The predicted molar refractivity (Wildman–Crippen MR) is 104 cm³/mol. The van der Waals surface area contributed by atoms with Gasteiger partial charge in [-0.2, -0.15) is 0 Å². The molecule has 3 rings (SSSR count). The van der Waals surface area contributed by atoms with Crippen LogP contribution in [0.3, 0.4) is 0 Å². The highest BCUT2D eigenvalue weighted by atomic mass is 35.5. The summed E-state index contributed by atoms with van der Waals surface area (Å²) in [7, 11) is 0. The van der Waals surface area contributed by atoms with Gasteiger partial charge in [0.2, 0.25) is 11.8 Å². The van der Waals surface area contributed by atoms with Crippen LogP contribution in [0.1, 0.15) is 26.2 Å². The predicted octanol–water partition coefficient (Wildman–Crippen LogP) is 3.66. The Morgan fingerprint density at radius 3 is 3.04 bits per heavy atom. The zero-order valence-corrected chi connectivity index (χ0v) is 15.7. The highest BCUT2D eigenvalue weighted by molar-refractivity contribution is 5.91. The van der Waals surface area contributed by atoms with Crippen molar-refractivity contribution >= 4 is 24.0 Å². The van der Waals surface area contributed by atoms with Crippen LogP contribution in [0.5, 0.6) is 11.6 Å². The molecule has 2 atom stereocenters. The van der Waals surface area contributed by atoms with Crippen LogP contribution >= 0.6 is 12.4 Å². The summed E-state index contributed by atoms with van der Waals surface area (Å²) in [6.07, 6.45) is 7.63. The van der Waals surface area contributed by atoms with Crippen LogP contribution in [0.4, 0.5) is 5.69 Å². The van der Waals surface area contributed by atoms with E-state index < -0.39 is 0 Å². The van der Waals surface area contributed by atoms with Gasteiger partial charge < -0.3 is 15.4 Å². The van der Waals surface area contributed by atoms with Gasteiger partial charge in [0, 0.05) is 30.6 Å². The molecule has 0 saturated carbocycles. The number of benzene rings is 1. The number of hydrogen-bond donors (Lipinski definition) is 2. The molecular weight excluding hydrogens is 352 g/mol. The van der Waals surface area contributed by atoms with Crippen LogP contribution in [0, 0.1) is 11.8 Å². The number of hydrogen-bond acceptors (Lipinski definition) is 5. The van der Waals surface area contributed by atoms with Crippen LogP contribution in [0.2, 0.25) is 0 Å². The number of nitrogens with one attached hydrogen (secondary N) is 2. The van der Waals surface area contributed by atoms with Gasteiger partial charge in [-0.25, -0.2) is 4.98 Å². The third kappa shape index (κ3) is 5.97. The lowest BCUT2D eigenvalue weighted by atomic mass is 9.85. The van der Waals surface area contributed by atoms with E-state index in [-0.39, 0.29) is 18.3 Å². The van der Waals surface area contributed by atoms with Gasteiger partial charge in [0.05, 0.1) is 6.20 Å². The summed E-state index contributed by atoms with van der Waals surface area (Å²) >= 11 is 0. The number of aromatic nitrogens is 2. The number of amides is 1. The number of carbonyl (C=O) groups is 1. The third-order valence-corrected chi connectivity index (χ3v) is 4.53. The monoisotopic (exact) mass is 376 g/mol. The summed E-state index contributed by atoms with van der Waals surface area (Å²) in [6, 6.07) is 7.31. The zero-order chi connectivity index (χ0) is 17.5. The van der Waals surface area contributed by atoms with Gasteiger partial charge in [-0.15, -0.1) is 12.4 Å². The van der Waals surface area contributed by atoms with Crippen molar-refractivity contribution in [2.75, 3.05) is 18.4 Å². The van der Waals surface area contributed by atoms with E-state index in [1.807, 2.05) is 18.2 Å². The number of carbonyl (C=O) groups excluding carboxylic acids is 1. The molecule has 26 heavy (non-hydrogen) atoms. The fourth-order valence-corrected chi connectivity index (χ4v) is 3.13. The van der Waals surface area contributed by atoms with Gasteiger partial charge in [-0.1, -0.05) is 13.0 Å². The second kappa shape index (κ2) is 10.1. The fraction of sp³-hybridized carbons (Fsp3) is 0.421. The Morgan fingerprint density at radius 1 is 1.42 bits per heavy atom. The van der Waals surface area contributed by atoms with Crippen LogP contribution in [0.15, 0.2) is 42.9 Å². The van der Waals surface area contributed by atoms with E-state index in [0.717, 1.165) is 18.8 Å². The first-order chi connectivity index (χ1) is 12.2. The Labute approximate surface area is 160 Å². The van der Waals surface area contributed by atoms with Crippen LogP contribution < -0.4 is 15.4 Å². The van der Waals surface area contributed by atoms with Crippen molar-refractivity contribution in [3.05, 3.63) is 42.9 Å². The standard InChI is InChI=1S/C19H24N4O2.ClH/c1-14(15-4-3-7-20-12-15)10-18(24)23-16-5-2-6-17(11-16)25-19-13-21-8-9-22-19;/h2,5-6,8-9,11,13-15,20H,3-4,7,10,12H2,1H3,(H,23,24);1H. The lowest BCUT2D eigenvalue weighted by Crippen LogP contribution is -2.34. The Balaban J connectivity index is 0.00000243. The highest BCUT2D eigenvalue weighted by Crippen LogP contribution is 2.25. The van der Waals surface area contributed by atoms with Gasteiger partial charge >= 0.3 is 0 Å². The van der Waals surface area contributed by atoms with Gasteiger partial charge in [-0.3, -0.25) is 9.78 Å². The molecule has 0 radical (unpaired) electrons. The summed E-state index contributed by atoms with van der Waals surface area (Å²) in [5, 5.41) is 6.37. The Hall–Kier alpha value is -2.18. The molecule has 2 heterocycles. The van der Waals surface area contributed by atoms with Gasteiger partial charge in [0.25, 0.3) is 0 Å². The van der Waals surface area contributed by atoms with Crippen molar-refractivity contribution < 1.29 is 9.53 Å². The SMILES string of the molecule is CC(CC(=O)Nc1cccc(Oc2cnccn2)c1)C1CCCNC1.Cl. The molecule has 0 aliphatic carbocycles. The molecule has 1 aromatic carbocycles. The quantitative estimate of drug-likeness (QED) is 0.804. The van der Waals surface area contributed by atoms with E-state index in [4.69, 9.17) is 4.74 Å². The number of nitrogens with zero attached hydrogens (tertiary/aromatic N) is 2. The summed E-state index contributed by atoms with van der Waals surface area (Å²) in [5.74, 6) is 2.01. The van der Waals surface area contributed by atoms with E-state index in [9.17, 15) is 4.79 Å². The van der Waals surface area contributed by atoms with E-state index in [2.05, 4.69) is 27.5 Å². The van der Waals surface area contributed by atoms with Crippen LogP contribution in [-0.2, 0) is 4.79 Å². The molecule has 1 aliphatic rings. The second-order valence-electron chi connectivity index (χ2n) is 6.51. The summed E-state index contributed by atoms with van der Waals surface area (Å²) in [5.41, 5.74) is 0.723. The minimum atomic E-state index is 0. The first-order valence-electron chi connectivity index (χ1n) is 8.75. The number of ether oxygens (including phenoxy) is 1. The Morgan fingerprint density at radius 2 is 2.31 bits per heavy atom. The maximum atomic E-state index is 12.3. The average molecular weight is 377 g/mol. The summed E-state index contributed by atoms with van der Waals surface area (Å²) in [4.78, 5) is 20.4. The molecule has 0 spiro atoms. The van der Waals surface area contributed by atoms with Crippen molar-refractivity contribution in [2.45, 2.75) is 26.2 Å². The Bertz CT molecular complexity index is 693. The van der Waals surface area contributed by atoms with Crippen molar-refractivity contribution in [1.29, 1.82) is 0 Å². The largest absolute Gasteiger partial charge is 0.437 e. The Kier molecular flexibility index (Phi) is 7.81. The molecule has 1 fully saturated rings. The van der Waals surface area contributed by atoms with Gasteiger partial charge in [-0.05, 0) is 49.9 Å². The normalized spacial score (nSPS) is 17.7. The lowest BCUT2D eigenvalue weighted by Gasteiger charge is -2.28. The molecule has 140 valence electrons. The first kappa shape index (κ1) is 20.1. The lowest BCUT2D eigenvalue weighted by molar-refractivity contribution is -0.117. The molecule has 7 heteroatoms. The number of anilines is 1. The third-order valence-electron chi connectivity index (χ3n) is 4.53. The molecule has 2 N–H and O–H groups in total. The minimum absolute atomic E-state index is 0. The molecule has 6 nitrogen and oxygen atoms in total. The molecule has 1 amide bonds. The number of halogens is 1. The molecule has 1 aliphatic heterocycles. The van der Waals surface area contributed by atoms with Crippen molar-refractivity contribution in [1.82, 2.24) is 15.3 Å². The molecule has 1 saturated heterocycles. The van der Waals surface area contributed by atoms with Crippen molar-refractivity contribution in [3.8, 4) is 11.6 Å². The van der Waals surface area contributed by atoms with Crippen molar-refractivity contribution in [3.63, 3.8) is 0 Å². The maximum Gasteiger partial charge on any atom is 0.237 e. The second-order valence-corrected chi connectivity index (χ2v) is 6.51. The zero-order valence-electron chi connectivity index (χ0n) is 14.9. The van der Waals surface area contributed by atoms with E-state index in [0.29, 0.717) is 29.9 Å². The average Bonchev–Trinajstić information content (AvgIpc) is 2.63. The van der Waals surface area contributed by atoms with Crippen LogP contribution in [0.25, 0.3) is 0 Å². The smallest absolute Gasteiger partial charge is 0.237 e.